The zero-order valence-corrected chi connectivity index (χ0v) is 13.9. The molecule has 0 bridgehead atoms. The molecule has 12 heteroatoms. The van der Waals surface area contributed by atoms with Crippen LogP contribution in [-0.2, 0) is 24.6 Å². The maximum absolute atomic E-state index is 5.10. The van der Waals surface area contributed by atoms with Crippen molar-refractivity contribution >= 4 is 45.5 Å². The average molecular weight is 480 g/mol. The number of nitrogens with zero attached hydrogens (tertiary/aromatic N) is 3. The second kappa shape index (κ2) is 9.92. The Hall–Kier alpha value is 1.06. The Morgan fingerprint density at radius 3 is 2.59 bits per heavy atom. The second-order valence-electron chi connectivity index (χ2n) is 2.48. The normalized spacial score (nSPS) is 15.5. The van der Waals surface area contributed by atoms with E-state index >= 15 is 0 Å². The third kappa shape index (κ3) is 8.72. The van der Waals surface area contributed by atoms with Gasteiger partial charge in [0.1, 0.15) is 11.6 Å². The molecule has 0 aromatic rings. The smallest absolute Gasteiger partial charge is 0.173 e. The molecular formula is C5H16I2N5O5+. The number of nitrogens with two attached hydrogens (primary N) is 1. The fourth-order valence-electron chi connectivity index (χ4n) is 0.714. The van der Waals surface area contributed by atoms with Gasteiger partial charge in [0.05, 0.1) is 27.4 Å². The standard InChI is InChI=1S/C5H16I2N5O5/c1-4-13-12(3,14-8)17-10(2)16-11(7)15-9-5-6/h9H,4-5,8H2,1-3H3/q+1. The summed E-state index contributed by atoms with van der Waals surface area (Å²) in [4.78, 5) is 23.8. The van der Waals surface area contributed by atoms with Gasteiger partial charge >= 0.3 is 0 Å². The van der Waals surface area contributed by atoms with Crippen LogP contribution < -0.4 is 11.4 Å². The molecule has 0 aromatic heterocycles. The van der Waals surface area contributed by atoms with E-state index in [0.717, 1.165) is 8.67 Å². The van der Waals surface area contributed by atoms with Gasteiger partial charge < -0.3 is 0 Å². The summed E-state index contributed by atoms with van der Waals surface area (Å²) in [5, 5.41) is 0.948. The minimum absolute atomic E-state index is 0.336. The van der Waals surface area contributed by atoms with Crippen molar-refractivity contribution in [3.8, 4) is 0 Å². The Morgan fingerprint density at radius 2 is 2.12 bits per heavy atom. The largest absolute Gasteiger partial charge is 0.173 e. The first-order valence-electron chi connectivity index (χ1n) is 4.40. The van der Waals surface area contributed by atoms with Crippen LogP contribution >= 0.6 is 45.5 Å². The van der Waals surface area contributed by atoms with E-state index in [2.05, 4.69) is 33.0 Å². The van der Waals surface area contributed by atoms with Crippen LogP contribution in [0.1, 0.15) is 6.92 Å². The summed E-state index contributed by atoms with van der Waals surface area (Å²) in [6, 6.07) is 0. The predicted octanol–water partition coefficient (Wildman–Crippen LogP) is 0.295. The van der Waals surface area contributed by atoms with Crippen LogP contribution in [-0.4, -0.2) is 38.9 Å². The molecule has 0 spiro atoms. The molecule has 0 heterocycles. The van der Waals surface area contributed by atoms with Gasteiger partial charge in [-0.3, -0.25) is 0 Å². The van der Waals surface area contributed by atoms with Gasteiger partial charge in [-0.1, -0.05) is 22.6 Å². The number of halogens is 2. The lowest BCUT2D eigenvalue weighted by atomic mass is 10.9. The van der Waals surface area contributed by atoms with Crippen LogP contribution in [0.5, 0.6) is 0 Å². The molecule has 0 fully saturated rings. The lowest BCUT2D eigenvalue weighted by Gasteiger charge is -2.25. The zero-order chi connectivity index (χ0) is 13.3. The molecule has 0 radical (unpaired) electrons. The van der Waals surface area contributed by atoms with Crippen molar-refractivity contribution in [3.05, 3.63) is 0 Å². The van der Waals surface area contributed by atoms with Crippen LogP contribution in [0, 0.1) is 0 Å². The SMILES string of the molecule is CCO[N+](C)(ON)ON(C)ON(I)ONCI. The highest BCUT2D eigenvalue weighted by atomic mass is 127. The molecule has 0 aliphatic heterocycles. The highest BCUT2D eigenvalue weighted by molar-refractivity contribution is 14.1. The molecule has 1 atom stereocenters. The molecule has 0 saturated heterocycles. The van der Waals surface area contributed by atoms with Crippen molar-refractivity contribution in [1.29, 1.82) is 0 Å². The van der Waals surface area contributed by atoms with Gasteiger partial charge in [0.25, 0.3) is 0 Å². The average Bonchev–Trinajstić information content (AvgIpc) is 2.26. The van der Waals surface area contributed by atoms with E-state index in [1.54, 1.807) is 29.8 Å². The number of hydrogen-bond acceptors (Lipinski definition) is 9. The number of quaternary nitrogens is 1. The summed E-state index contributed by atoms with van der Waals surface area (Å²) in [7, 11) is 2.90. The van der Waals surface area contributed by atoms with Crippen LogP contribution in [0.15, 0.2) is 0 Å². The van der Waals surface area contributed by atoms with E-state index in [-0.39, 0.29) is 0 Å². The van der Waals surface area contributed by atoms with Gasteiger partial charge in [0.2, 0.25) is 0 Å². The first-order chi connectivity index (χ1) is 7.97. The van der Waals surface area contributed by atoms with Crippen LogP contribution in [0.25, 0.3) is 0 Å². The number of hydroxylamine groups is 6. The lowest BCUT2D eigenvalue weighted by Crippen LogP contribution is -2.50. The monoisotopic (exact) mass is 480 g/mol. The van der Waals surface area contributed by atoms with E-state index in [1.165, 1.54) is 14.1 Å². The minimum Gasteiger partial charge on any atom is -0.173 e. The fourth-order valence-corrected chi connectivity index (χ4v) is 1.24. The predicted molar refractivity (Wildman–Crippen MR) is 72.0 cm³/mol. The highest BCUT2D eigenvalue weighted by Gasteiger charge is 2.32. The van der Waals surface area contributed by atoms with Crippen molar-refractivity contribution in [2.24, 2.45) is 5.90 Å². The van der Waals surface area contributed by atoms with Gasteiger partial charge in [-0.05, 0) is 16.8 Å². The zero-order valence-electron chi connectivity index (χ0n) is 9.63. The maximum Gasteiger partial charge on any atom is 0.173 e. The molecule has 0 amide bonds. The molecule has 0 rings (SSSR count). The molecule has 10 nitrogen and oxygen atoms in total. The molecule has 17 heavy (non-hydrogen) atoms. The Balaban J connectivity index is 4.01. The first-order valence-corrected chi connectivity index (χ1v) is 6.89. The van der Waals surface area contributed by atoms with Crippen molar-refractivity contribution in [1.82, 2.24) is 14.1 Å². The van der Waals surface area contributed by atoms with E-state index in [0.29, 0.717) is 11.2 Å². The van der Waals surface area contributed by atoms with Gasteiger partial charge in [-0.2, -0.15) is 16.3 Å². The molecule has 104 valence electrons. The Kier molecular flexibility index (Phi) is 10.5. The van der Waals surface area contributed by atoms with Gasteiger partial charge in [0.15, 0.2) is 7.05 Å². The third-order valence-corrected chi connectivity index (χ3v) is 1.87. The Labute approximate surface area is 127 Å². The number of alkyl halides is 1. The summed E-state index contributed by atoms with van der Waals surface area (Å²) in [6.07, 6.45) is 0. The van der Waals surface area contributed by atoms with Crippen molar-refractivity contribution in [3.63, 3.8) is 0 Å². The molecule has 0 aromatic carbocycles. The Morgan fingerprint density at radius 1 is 1.47 bits per heavy atom. The number of nitrogens with one attached hydrogen (secondary N) is 1. The van der Waals surface area contributed by atoms with Crippen LogP contribution in [0.2, 0.25) is 0 Å². The van der Waals surface area contributed by atoms with Gasteiger partial charge in [-0.25, -0.2) is 0 Å². The van der Waals surface area contributed by atoms with E-state index in [1.807, 2.05) is 0 Å². The molecule has 0 saturated carbocycles. The summed E-state index contributed by atoms with van der Waals surface area (Å²) in [5.41, 5.74) is 2.56. The van der Waals surface area contributed by atoms with E-state index in [9.17, 15) is 0 Å². The highest BCUT2D eigenvalue weighted by Crippen LogP contribution is 2.10. The molecule has 1 unspecified atom stereocenters. The van der Waals surface area contributed by atoms with Crippen molar-refractivity contribution < 1.29 is 29.6 Å². The molecule has 0 aliphatic rings. The molecule has 3 N–H and O–H groups in total. The maximum atomic E-state index is 5.10. The summed E-state index contributed by atoms with van der Waals surface area (Å²) in [5.74, 6) is 5.03. The quantitative estimate of drug-likeness (QED) is 0.115. The minimum atomic E-state index is -0.767. The van der Waals surface area contributed by atoms with Gasteiger partial charge in [0, 0.05) is 15.7 Å². The first kappa shape index (κ1) is 18.1. The Bertz CT molecular complexity index is 206. The molecule has 0 aliphatic carbocycles. The lowest BCUT2D eigenvalue weighted by molar-refractivity contribution is -1.38. The topological polar surface area (TPSA) is 90.7 Å². The fraction of sp³-hybridized carbons (Fsp3) is 1.00. The van der Waals surface area contributed by atoms with Crippen LogP contribution in [0.3, 0.4) is 0 Å². The van der Waals surface area contributed by atoms with Gasteiger partial charge in [-0.15, -0.1) is 9.78 Å². The summed E-state index contributed by atoms with van der Waals surface area (Å²) >= 11 is 3.81. The van der Waals surface area contributed by atoms with E-state index in [4.69, 9.17) is 25.5 Å². The summed E-state index contributed by atoms with van der Waals surface area (Å²) < 4.78 is 1.59. The van der Waals surface area contributed by atoms with Crippen molar-refractivity contribution in [2.45, 2.75) is 6.92 Å². The number of rotatable bonds is 10. The van der Waals surface area contributed by atoms with E-state index < -0.39 is 4.97 Å². The second-order valence-corrected chi connectivity index (χ2v) is 4.03. The van der Waals surface area contributed by atoms with Crippen molar-refractivity contribution in [2.75, 3.05) is 25.3 Å². The number of hydrogen-bond donors (Lipinski definition) is 2. The summed E-state index contributed by atoms with van der Waals surface area (Å²) in [6.45, 7) is 2.10. The third-order valence-electron chi connectivity index (χ3n) is 1.19. The van der Waals surface area contributed by atoms with Crippen LogP contribution in [0.4, 0.5) is 0 Å². The molecular weight excluding hydrogens is 464 g/mol.